The average molecular weight is 1040 g/mol. The van der Waals surface area contributed by atoms with Gasteiger partial charge in [0.05, 0.1) is 12.1 Å². The molecular formula is C61H78Cl2N10O. The maximum atomic E-state index is 17.7. The van der Waals surface area contributed by atoms with E-state index in [2.05, 4.69) is 157 Å². The van der Waals surface area contributed by atoms with Crippen LogP contribution in [0.1, 0.15) is 137 Å². The molecule has 4 fully saturated rings. The summed E-state index contributed by atoms with van der Waals surface area (Å²) in [5, 5.41) is 13.4. The van der Waals surface area contributed by atoms with E-state index in [1.165, 1.54) is 55.2 Å². The van der Waals surface area contributed by atoms with Crippen molar-refractivity contribution in [3.05, 3.63) is 131 Å². The molecule has 4 saturated heterocycles. The van der Waals surface area contributed by atoms with Crippen LogP contribution in [0.3, 0.4) is 0 Å². The Morgan fingerprint density at radius 3 is 1.31 bits per heavy atom. The third kappa shape index (κ3) is 9.83. The number of Topliss-reactive ketones (excluding diaryl/α,β-unsaturated/α-hetero) is 1. The topological polar surface area (TPSA) is 106 Å². The Morgan fingerprint density at radius 2 is 0.919 bits per heavy atom. The van der Waals surface area contributed by atoms with Gasteiger partial charge in [-0.25, -0.2) is 19.9 Å². The van der Waals surface area contributed by atoms with Gasteiger partial charge in [-0.2, -0.15) is 0 Å². The first-order chi connectivity index (χ1) is 34.9. The minimum atomic E-state index is -0.403. The molecule has 0 amide bonds. The SMILES string of the molecule is C[C@@H]1CCc2ncnc(N3CCN(C(C(=O)C(C(c4cccc5ccccc45)[C@@H]4CCC(C)(C)N4)N4CCN(c5ncnc6c5[C@H](C)CC6)CC4)C(c4cccc5ccccc45)[C@@H]4CCC(C)(C)N4)CC3)c21.Cl.Cl. The number of benzene rings is 4. The van der Waals surface area contributed by atoms with Crippen LogP contribution in [-0.4, -0.2) is 123 Å². The lowest BCUT2D eigenvalue weighted by Gasteiger charge is -2.49. The van der Waals surface area contributed by atoms with Gasteiger partial charge in [-0.3, -0.25) is 14.6 Å². The Labute approximate surface area is 451 Å². The Bertz CT molecular complexity index is 2760. The van der Waals surface area contributed by atoms with E-state index in [4.69, 9.17) is 19.9 Å². The summed E-state index contributed by atoms with van der Waals surface area (Å²) >= 11 is 0. The van der Waals surface area contributed by atoms with Crippen LogP contribution in [0.5, 0.6) is 0 Å². The molecule has 74 heavy (non-hydrogen) atoms. The molecule has 13 heteroatoms. The fraction of sp³-hybridized carbons (Fsp3) is 0.525. The normalized spacial score (nSPS) is 25.2. The Kier molecular flexibility index (Phi) is 15.2. The van der Waals surface area contributed by atoms with Crippen LogP contribution >= 0.6 is 24.8 Å². The molecule has 11 nitrogen and oxygen atoms in total. The molecule has 4 aliphatic heterocycles. The number of ketones is 1. The highest BCUT2D eigenvalue weighted by molar-refractivity contribution is 5.95. The van der Waals surface area contributed by atoms with Gasteiger partial charge in [0.15, 0.2) is 5.78 Å². The van der Waals surface area contributed by atoms with Crippen molar-refractivity contribution < 1.29 is 4.79 Å². The van der Waals surface area contributed by atoms with E-state index in [1.807, 2.05) is 0 Å². The molecule has 0 spiro atoms. The molecule has 4 aromatic carbocycles. The van der Waals surface area contributed by atoms with Crippen molar-refractivity contribution in [1.29, 1.82) is 0 Å². The number of anilines is 2. The molecule has 12 rings (SSSR count). The fourth-order valence-electron chi connectivity index (χ4n) is 14.7. The molecule has 0 bridgehead atoms. The van der Waals surface area contributed by atoms with Gasteiger partial charge in [-0.05, 0) is 124 Å². The summed E-state index contributed by atoms with van der Waals surface area (Å²) in [6, 6.07) is 30.9. The Morgan fingerprint density at radius 1 is 0.527 bits per heavy atom. The Balaban J connectivity index is 0.00000313. The van der Waals surface area contributed by atoms with Crippen LogP contribution in [0, 0.1) is 0 Å². The van der Waals surface area contributed by atoms with Gasteiger partial charge in [0.2, 0.25) is 0 Å². The van der Waals surface area contributed by atoms with E-state index >= 15 is 4.79 Å². The quantitative estimate of drug-likeness (QED) is 0.122. The van der Waals surface area contributed by atoms with Gasteiger partial charge in [-0.15, -0.1) is 24.8 Å². The summed E-state index contributed by atoms with van der Waals surface area (Å²) in [5.74, 6) is 3.24. The lowest BCUT2D eigenvalue weighted by Crippen LogP contribution is -2.64. The molecule has 0 radical (unpaired) electrons. The maximum absolute atomic E-state index is 17.7. The molecule has 6 aliphatic rings. The second-order valence-corrected chi connectivity index (χ2v) is 23.9. The van der Waals surface area contributed by atoms with Gasteiger partial charge < -0.3 is 20.4 Å². The predicted octanol–water partition coefficient (Wildman–Crippen LogP) is 10.4. The number of nitrogens with zero attached hydrogens (tertiary/aromatic N) is 8. The first-order valence-corrected chi connectivity index (χ1v) is 27.6. The van der Waals surface area contributed by atoms with Crippen LogP contribution in [-0.2, 0) is 17.6 Å². The second-order valence-electron chi connectivity index (χ2n) is 23.9. The van der Waals surface area contributed by atoms with Crippen LogP contribution in [0.2, 0.25) is 0 Å². The summed E-state index contributed by atoms with van der Waals surface area (Å²) in [6.45, 7) is 20.4. The predicted molar refractivity (Wildman–Crippen MR) is 306 cm³/mol. The smallest absolute Gasteiger partial charge is 0.168 e. The van der Waals surface area contributed by atoms with Crippen molar-refractivity contribution in [2.75, 3.05) is 62.2 Å². The minimum absolute atomic E-state index is 0. The van der Waals surface area contributed by atoms with Gasteiger partial charge in [0.1, 0.15) is 24.3 Å². The lowest BCUT2D eigenvalue weighted by molar-refractivity contribution is -0.132. The fourth-order valence-corrected chi connectivity index (χ4v) is 14.7. The first-order valence-electron chi connectivity index (χ1n) is 27.6. The standard InChI is InChI=1S/C61H76N10O.2ClH/c1-39-21-23-47-51(39)58(64-37-62-47)70-33-29-68(30-34-70)55(53(49-25-27-60(3,4)66-49)45-19-11-15-41-13-7-9-17-43(41)45)57(72)56(69-31-35-71(36-32-69)59-52-40(2)22-24-48(52)63-38-65-59)54(50-26-28-61(5,6)67-50)46-20-12-16-42-14-8-10-18-44(42)46;;/h7-20,37-40,49-50,53-56,66-67H,21-36H2,1-6H3;2*1H/t39-,40-,49+,50+,53?,54?,55?,56?;;/m1../s1. The van der Waals surface area contributed by atoms with Crippen molar-refractivity contribution in [2.24, 2.45) is 0 Å². The molecule has 392 valence electrons. The molecule has 4 unspecified atom stereocenters. The maximum Gasteiger partial charge on any atom is 0.168 e. The number of hydrogen-bond donors (Lipinski definition) is 2. The number of piperazine rings is 2. The number of aryl methyl sites for hydroxylation is 2. The summed E-state index contributed by atoms with van der Waals surface area (Å²) in [6.07, 6.45) is 12.0. The molecule has 6 aromatic rings. The highest BCUT2D eigenvalue weighted by Crippen LogP contribution is 2.46. The molecule has 2 aliphatic carbocycles. The molecule has 2 N–H and O–H groups in total. The van der Waals surface area contributed by atoms with E-state index in [-0.39, 0.29) is 59.8 Å². The number of aromatic nitrogens is 4. The van der Waals surface area contributed by atoms with Crippen molar-refractivity contribution in [1.82, 2.24) is 40.4 Å². The van der Waals surface area contributed by atoms with Crippen molar-refractivity contribution in [3.8, 4) is 0 Å². The van der Waals surface area contributed by atoms with E-state index in [0.29, 0.717) is 17.6 Å². The second kappa shape index (κ2) is 21.3. The van der Waals surface area contributed by atoms with Crippen LogP contribution in [0.25, 0.3) is 21.5 Å². The number of nitrogens with one attached hydrogen (secondary N) is 2. The number of halogens is 2. The number of hydrogen-bond acceptors (Lipinski definition) is 11. The molecule has 6 heterocycles. The van der Waals surface area contributed by atoms with Crippen LogP contribution < -0.4 is 20.4 Å². The molecular weight excluding hydrogens is 960 g/mol. The zero-order chi connectivity index (χ0) is 49.3. The van der Waals surface area contributed by atoms with Gasteiger partial charge in [0, 0.05) is 110 Å². The van der Waals surface area contributed by atoms with Gasteiger partial charge in [-0.1, -0.05) is 98.8 Å². The largest absolute Gasteiger partial charge is 0.354 e. The molecule has 8 atom stereocenters. The summed E-state index contributed by atoms with van der Waals surface area (Å²) in [7, 11) is 0. The zero-order valence-corrected chi connectivity index (χ0v) is 46.1. The average Bonchev–Trinajstić information content (AvgIpc) is 4.18. The summed E-state index contributed by atoms with van der Waals surface area (Å²) < 4.78 is 0. The van der Waals surface area contributed by atoms with Gasteiger partial charge in [0.25, 0.3) is 0 Å². The monoisotopic (exact) mass is 1040 g/mol. The van der Waals surface area contributed by atoms with Crippen molar-refractivity contribution >= 4 is 63.8 Å². The van der Waals surface area contributed by atoms with E-state index in [1.54, 1.807) is 12.7 Å². The summed E-state index contributed by atoms with van der Waals surface area (Å²) in [5.41, 5.74) is 7.53. The molecule has 0 saturated carbocycles. The lowest BCUT2D eigenvalue weighted by atomic mass is 9.73. The number of carbonyl (C=O) groups excluding carboxylic acids is 1. The number of fused-ring (bicyclic) bond motifs is 4. The zero-order valence-electron chi connectivity index (χ0n) is 44.5. The number of rotatable bonds is 12. The third-order valence-electron chi connectivity index (χ3n) is 18.3. The molecule has 2 aromatic heterocycles. The van der Waals surface area contributed by atoms with Crippen molar-refractivity contribution in [2.45, 2.75) is 152 Å². The van der Waals surface area contributed by atoms with E-state index < -0.39 is 12.1 Å². The number of carbonyl (C=O) groups is 1. The first kappa shape index (κ1) is 52.7. The Hall–Kier alpha value is -4.75. The van der Waals surface area contributed by atoms with Gasteiger partial charge >= 0.3 is 0 Å². The third-order valence-corrected chi connectivity index (χ3v) is 18.3. The minimum Gasteiger partial charge on any atom is -0.354 e. The van der Waals surface area contributed by atoms with Crippen molar-refractivity contribution in [3.63, 3.8) is 0 Å². The van der Waals surface area contributed by atoms with E-state index in [0.717, 1.165) is 115 Å². The highest BCUT2D eigenvalue weighted by Gasteiger charge is 2.52. The summed E-state index contributed by atoms with van der Waals surface area (Å²) in [4.78, 5) is 47.5. The van der Waals surface area contributed by atoms with Crippen LogP contribution in [0.15, 0.2) is 97.6 Å². The highest BCUT2D eigenvalue weighted by atomic mass is 35.5. The van der Waals surface area contributed by atoms with E-state index in [9.17, 15) is 0 Å². The van der Waals surface area contributed by atoms with Crippen LogP contribution in [0.4, 0.5) is 11.6 Å².